The zero-order valence-electron chi connectivity index (χ0n) is 8.72. The molecule has 4 heteroatoms. The third-order valence-electron chi connectivity index (χ3n) is 1.98. The van der Waals surface area contributed by atoms with Crippen LogP contribution in [0.1, 0.15) is 19.0 Å². The molecule has 1 atom stereocenters. The molecule has 0 fully saturated rings. The van der Waals surface area contributed by atoms with Gasteiger partial charge in [0, 0.05) is 31.7 Å². The highest BCUT2D eigenvalue weighted by Gasteiger charge is 2.02. The van der Waals surface area contributed by atoms with Crippen LogP contribution in [0.15, 0.2) is 18.6 Å². The third-order valence-corrected chi connectivity index (χ3v) is 1.98. The normalized spacial score (nSPS) is 13.1. The number of aliphatic hydroxyl groups is 1. The van der Waals surface area contributed by atoms with E-state index in [2.05, 4.69) is 14.9 Å². The fourth-order valence-electron chi connectivity index (χ4n) is 1.17. The molecule has 1 N–H and O–H groups in total. The topological polar surface area (TPSA) is 49.2 Å². The van der Waals surface area contributed by atoms with Gasteiger partial charge >= 0.3 is 0 Å². The van der Waals surface area contributed by atoms with Crippen LogP contribution in [0.5, 0.6) is 0 Å². The van der Waals surface area contributed by atoms with E-state index in [1.165, 1.54) is 0 Å². The molecule has 0 aliphatic carbocycles. The molecule has 0 saturated carbocycles. The number of aromatic nitrogens is 2. The van der Waals surface area contributed by atoms with Crippen LogP contribution in [-0.2, 0) is 6.54 Å². The number of hydrogen-bond acceptors (Lipinski definition) is 4. The maximum Gasteiger partial charge on any atom is 0.0726 e. The minimum Gasteiger partial charge on any atom is -0.393 e. The van der Waals surface area contributed by atoms with E-state index in [1.807, 2.05) is 7.05 Å². The lowest BCUT2D eigenvalue weighted by Crippen LogP contribution is -2.22. The highest BCUT2D eigenvalue weighted by molar-refractivity contribution is 4.93. The van der Waals surface area contributed by atoms with E-state index in [4.69, 9.17) is 5.11 Å². The Bertz CT molecular complexity index is 251. The minimum atomic E-state index is -0.237. The Kier molecular flexibility index (Phi) is 4.49. The lowest BCUT2D eigenvalue weighted by Gasteiger charge is -2.16. The first-order valence-corrected chi connectivity index (χ1v) is 4.80. The van der Waals surface area contributed by atoms with Gasteiger partial charge in [0.05, 0.1) is 11.8 Å². The molecule has 4 nitrogen and oxygen atoms in total. The summed E-state index contributed by atoms with van der Waals surface area (Å²) in [7, 11) is 2.01. The summed E-state index contributed by atoms with van der Waals surface area (Å²) in [5, 5.41) is 9.11. The molecule has 0 aromatic carbocycles. The summed E-state index contributed by atoms with van der Waals surface area (Å²) < 4.78 is 0. The molecule has 0 radical (unpaired) electrons. The molecule has 1 heterocycles. The molecule has 0 bridgehead atoms. The van der Waals surface area contributed by atoms with Crippen LogP contribution >= 0.6 is 0 Å². The van der Waals surface area contributed by atoms with Crippen molar-refractivity contribution >= 4 is 0 Å². The molecular formula is C10H17N3O. The minimum absolute atomic E-state index is 0.237. The van der Waals surface area contributed by atoms with E-state index in [0.717, 1.165) is 25.2 Å². The van der Waals surface area contributed by atoms with Crippen molar-refractivity contribution < 1.29 is 5.11 Å². The molecule has 0 saturated heterocycles. The largest absolute Gasteiger partial charge is 0.393 e. The van der Waals surface area contributed by atoms with Crippen molar-refractivity contribution in [2.75, 3.05) is 13.6 Å². The number of aliphatic hydroxyl groups excluding tert-OH is 1. The van der Waals surface area contributed by atoms with Gasteiger partial charge in [-0.2, -0.15) is 0 Å². The van der Waals surface area contributed by atoms with Gasteiger partial charge < -0.3 is 10.0 Å². The number of rotatable bonds is 5. The summed E-state index contributed by atoms with van der Waals surface area (Å²) in [5.41, 5.74) is 0.959. The van der Waals surface area contributed by atoms with Crippen LogP contribution in [0.25, 0.3) is 0 Å². The van der Waals surface area contributed by atoms with Gasteiger partial charge in [0.15, 0.2) is 0 Å². The molecule has 0 aliphatic heterocycles. The third kappa shape index (κ3) is 4.30. The van der Waals surface area contributed by atoms with Gasteiger partial charge in [-0.1, -0.05) is 0 Å². The molecule has 1 rings (SSSR count). The number of nitrogens with zero attached hydrogens (tertiary/aromatic N) is 3. The van der Waals surface area contributed by atoms with Crippen LogP contribution in [0.3, 0.4) is 0 Å². The van der Waals surface area contributed by atoms with Gasteiger partial charge in [-0.3, -0.25) is 9.97 Å². The molecule has 1 unspecified atom stereocenters. The zero-order valence-corrected chi connectivity index (χ0v) is 8.72. The molecule has 14 heavy (non-hydrogen) atoms. The highest BCUT2D eigenvalue weighted by Crippen LogP contribution is 1.99. The van der Waals surface area contributed by atoms with Crippen molar-refractivity contribution in [3.8, 4) is 0 Å². The van der Waals surface area contributed by atoms with Gasteiger partial charge in [0.1, 0.15) is 0 Å². The van der Waals surface area contributed by atoms with Gasteiger partial charge in [0.2, 0.25) is 0 Å². The van der Waals surface area contributed by atoms with E-state index >= 15 is 0 Å². The first-order chi connectivity index (χ1) is 6.68. The average molecular weight is 195 g/mol. The summed E-state index contributed by atoms with van der Waals surface area (Å²) in [6.45, 7) is 3.45. The van der Waals surface area contributed by atoms with Gasteiger partial charge in [0.25, 0.3) is 0 Å². The monoisotopic (exact) mass is 195 g/mol. The summed E-state index contributed by atoms with van der Waals surface area (Å²) in [4.78, 5) is 10.3. The molecule has 0 amide bonds. The van der Waals surface area contributed by atoms with Gasteiger partial charge in [-0.25, -0.2) is 0 Å². The predicted octanol–water partition coefficient (Wildman–Crippen LogP) is 0.679. The predicted molar refractivity (Wildman–Crippen MR) is 54.7 cm³/mol. The van der Waals surface area contributed by atoms with Crippen molar-refractivity contribution in [1.29, 1.82) is 0 Å². The molecule has 1 aromatic rings. The molecule has 1 aromatic heterocycles. The maximum atomic E-state index is 9.11. The number of hydrogen-bond donors (Lipinski definition) is 1. The molecule has 0 spiro atoms. The van der Waals surface area contributed by atoms with Crippen molar-refractivity contribution in [2.45, 2.75) is 26.0 Å². The summed E-state index contributed by atoms with van der Waals surface area (Å²) in [6, 6.07) is 0. The molecule has 78 valence electrons. The Morgan fingerprint density at radius 2 is 2.29 bits per heavy atom. The van der Waals surface area contributed by atoms with Crippen molar-refractivity contribution in [2.24, 2.45) is 0 Å². The second-order valence-corrected chi connectivity index (χ2v) is 3.57. The van der Waals surface area contributed by atoms with Crippen LogP contribution < -0.4 is 0 Å². The van der Waals surface area contributed by atoms with Crippen LogP contribution in [0.2, 0.25) is 0 Å². The van der Waals surface area contributed by atoms with Crippen LogP contribution in [0, 0.1) is 0 Å². The Labute approximate surface area is 84.6 Å². The molecule has 0 aliphatic rings. The van der Waals surface area contributed by atoms with E-state index in [-0.39, 0.29) is 6.10 Å². The molecular weight excluding hydrogens is 178 g/mol. The highest BCUT2D eigenvalue weighted by atomic mass is 16.3. The van der Waals surface area contributed by atoms with Gasteiger partial charge in [-0.15, -0.1) is 0 Å². The maximum absolute atomic E-state index is 9.11. The Hall–Kier alpha value is -1.00. The first kappa shape index (κ1) is 11.1. The van der Waals surface area contributed by atoms with Crippen LogP contribution in [0.4, 0.5) is 0 Å². The summed E-state index contributed by atoms with van der Waals surface area (Å²) >= 11 is 0. The van der Waals surface area contributed by atoms with E-state index in [9.17, 15) is 0 Å². The van der Waals surface area contributed by atoms with E-state index in [0.29, 0.717) is 0 Å². The Balaban J connectivity index is 2.30. The first-order valence-electron chi connectivity index (χ1n) is 4.80. The van der Waals surface area contributed by atoms with Crippen molar-refractivity contribution in [3.63, 3.8) is 0 Å². The summed E-state index contributed by atoms with van der Waals surface area (Å²) in [6.07, 6.45) is 5.67. The smallest absolute Gasteiger partial charge is 0.0726 e. The second kappa shape index (κ2) is 5.67. The second-order valence-electron chi connectivity index (χ2n) is 3.57. The van der Waals surface area contributed by atoms with Crippen molar-refractivity contribution in [3.05, 3.63) is 24.3 Å². The Morgan fingerprint density at radius 1 is 1.50 bits per heavy atom. The van der Waals surface area contributed by atoms with E-state index < -0.39 is 0 Å². The van der Waals surface area contributed by atoms with Crippen LogP contribution in [-0.4, -0.2) is 39.7 Å². The lowest BCUT2D eigenvalue weighted by atomic mass is 10.2. The fourth-order valence-corrected chi connectivity index (χ4v) is 1.17. The Morgan fingerprint density at radius 3 is 2.86 bits per heavy atom. The van der Waals surface area contributed by atoms with Gasteiger partial charge in [-0.05, 0) is 20.4 Å². The average Bonchev–Trinajstić information content (AvgIpc) is 2.16. The van der Waals surface area contributed by atoms with Crippen molar-refractivity contribution in [1.82, 2.24) is 14.9 Å². The standard InChI is InChI=1S/C10H17N3O/c1-9(14)3-6-13(2)8-10-7-11-4-5-12-10/h4-5,7,9,14H,3,6,8H2,1-2H3. The zero-order chi connectivity index (χ0) is 10.4. The quantitative estimate of drug-likeness (QED) is 0.750. The SMILES string of the molecule is CC(O)CCN(C)Cc1cnccn1. The van der Waals surface area contributed by atoms with E-state index in [1.54, 1.807) is 25.5 Å². The lowest BCUT2D eigenvalue weighted by molar-refractivity contribution is 0.162. The summed E-state index contributed by atoms with van der Waals surface area (Å²) in [5.74, 6) is 0. The fraction of sp³-hybridized carbons (Fsp3) is 0.600.